The van der Waals surface area contributed by atoms with E-state index < -0.39 is 23.2 Å². The zero-order valence-corrected chi connectivity index (χ0v) is 15.9. The Morgan fingerprint density at radius 2 is 1.89 bits per heavy atom. The molecular weight excluding hydrogens is 395 g/mol. The van der Waals surface area contributed by atoms with Gasteiger partial charge in [0.05, 0.1) is 0 Å². The minimum absolute atomic E-state index is 0.557. The van der Waals surface area contributed by atoms with Crippen LogP contribution in [0, 0.1) is 6.92 Å². The highest BCUT2D eigenvalue weighted by Crippen LogP contribution is 2.35. The van der Waals surface area contributed by atoms with Crippen LogP contribution in [-0.4, -0.2) is 17.6 Å². The van der Waals surface area contributed by atoms with Crippen molar-refractivity contribution in [1.29, 1.82) is 0 Å². The van der Waals surface area contributed by atoms with Gasteiger partial charge in [-0.05, 0) is 36.2 Å². The molecule has 0 spiro atoms. The molecule has 0 aliphatic carbocycles. The van der Waals surface area contributed by atoms with Gasteiger partial charge in [0, 0.05) is 22.5 Å². The number of alkyl halides is 3. The van der Waals surface area contributed by atoms with E-state index >= 15 is 0 Å². The van der Waals surface area contributed by atoms with Crippen molar-refractivity contribution in [3.8, 4) is 0 Å². The number of allylic oxidation sites excluding steroid dienone is 1. The van der Waals surface area contributed by atoms with Crippen molar-refractivity contribution in [3.63, 3.8) is 0 Å². The highest BCUT2D eigenvalue weighted by Gasteiger charge is 2.40. The Kier molecular flexibility index (Phi) is 5.83. The average Bonchev–Trinajstić information content (AvgIpc) is 2.60. The Labute approximate surface area is 164 Å². The first-order valence-electron chi connectivity index (χ1n) is 8.09. The van der Waals surface area contributed by atoms with Crippen LogP contribution in [0.2, 0.25) is 0 Å². The molecule has 8 heteroatoms. The van der Waals surface area contributed by atoms with Crippen molar-refractivity contribution in [2.24, 2.45) is 10.7 Å². The number of anilines is 1. The molecule has 1 atom stereocenters. The monoisotopic (exact) mass is 411 g/mol. The van der Waals surface area contributed by atoms with Gasteiger partial charge in [-0.2, -0.15) is 13.2 Å². The van der Waals surface area contributed by atoms with E-state index in [2.05, 4.69) is 4.99 Å². The van der Waals surface area contributed by atoms with Crippen LogP contribution in [0.15, 0.2) is 70.2 Å². The number of halogens is 4. The smallest absolute Gasteiger partial charge is 0.312 e. The van der Waals surface area contributed by atoms with E-state index in [1.54, 1.807) is 17.8 Å². The van der Waals surface area contributed by atoms with E-state index in [9.17, 15) is 13.2 Å². The molecule has 3 nitrogen and oxygen atoms in total. The second kappa shape index (κ2) is 7.96. The average molecular weight is 412 g/mol. The number of aryl methyl sites for hydroxylation is 1. The Bertz CT molecular complexity index is 882. The SMILES string of the molecule is Cc1cc(SCc2ccccc2)ccc1N1C=C(C(F)(F)F)C(Cl)=NC1N. The highest BCUT2D eigenvalue weighted by atomic mass is 35.5. The molecule has 0 amide bonds. The lowest BCUT2D eigenvalue weighted by molar-refractivity contribution is -0.0862. The molecule has 142 valence electrons. The van der Waals surface area contributed by atoms with Gasteiger partial charge in [0.2, 0.25) is 0 Å². The van der Waals surface area contributed by atoms with E-state index in [1.165, 1.54) is 10.5 Å². The molecule has 0 radical (unpaired) electrons. The van der Waals surface area contributed by atoms with Crippen molar-refractivity contribution in [2.45, 2.75) is 30.0 Å². The molecule has 0 bridgehead atoms. The summed E-state index contributed by atoms with van der Waals surface area (Å²) in [6, 6.07) is 15.6. The summed E-state index contributed by atoms with van der Waals surface area (Å²) in [4.78, 5) is 6.03. The second-order valence-electron chi connectivity index (χ2n) is 6.00. The van der Waals surface area contributed by atoms with Crippen LogP contribution < -0.4 is 10.6 Å². The maximum Gasteiger partial charge on any atom is 0.420 e. The zero-order chi connectivity index (χ0) is 19.6. The number of hydrogen-bond donors (Lipinski definition) is 1. The zero-order valence-electron chi connectivity index (χ0n) is 14.4. The maximum absolute atomic E-state index is 13.1. The first-order valence-corrected chi connectivity index (χ1v) is 9.46. The molecule has 27 heavy (non-hydrogen) atoms. The van der Waals surface area contributed by atoms with Crippen LogP contribution in [0.25, 0.3) is 0 Å². The normalized spacial score (nSPS) is 17.6. The number of benzene rings is 2. The third kappa shape index (κ3) is 4.66. The summed E-state index contributed by atoms with van der Waals surface area (Å²) >= 11 is 7.29. The number of hydrogen-bond acceptors (Lipinski definition) is 4. The molecule has 3 rings (SSSR count). The van der Waals surface area contributed by atoms with E-state index in [4.69, 9.17) is 17.3 Å². The van der Waals surface area contributed by atoms with Crippen LogP contribution in [0.4, 0.5) is 18.9 Å². The molecule has 2 N–H and O–H groups in total. The van der Waals surface area contributed by atoms with E-state index in [1.807, 2.05) is 49.4 Å². The van der Waals surface area contributed by atoms with Gasteiger partial charge in [-0.15, -0.1) is 11.8 Å². The lowest BCUT2D eigenvalue weighted by Crippen LogP contribution is -2.42. The summed E-state index contributed by atoms with van der Waals surface area (Å²) in [5.41, 5.74) is 7.43. The lowest BCUT2D eigenvalue weighted by Gasteiger charge is -2.31. The van der Waals surface area contributed by atoms with Crippen molar-refractivity contribution in [2.75, 3.05) is 4.90 Å². The van der Waals surface area contributed by atoms with Gasteiger partial charge in [0.1, 0.15) is 10.7 Å². The number of aliphatic imine (C=N–C) groups is 1. The third-order valence-electron chi connectivity index (χ3n) is 4.02. The topological polar surface area (TPSA) is 41.6 Å². The first kappa shape index (κ1) is 19.8. The molecule has 0 saturated heterocycles. The molecule has 1 heterocycles. The minimum Gasteiger partial charge on any atom is -0.312 e. The van der Waals surface area contributed by atoms with Gasteiger partial charge >= 0.3 is 6.18 Å². The summed E-state index contributed by atoms with van der Waals surface area (Å²) in [5.74, 6) is 0.806. The number of nitrogens with two attached hydrogens (primary N) is 1. The molecule has 1 unspecified atom stereocenters. The lowest BCUT2D eigenvalue weighted by atomic mass is 10.1. The molecule has 2 aromatic carbocycles. The van der Waals surface area contributed by atoms with Crippen molar-refractivity contribution >= 4 is 34.2 Å². The van der Waals surface area contributed by atoms with E-state index in [0.717, 1.165) is 22.4 Å². The predicted molar refractivity (Wildman–Crippen MR) is 105 cm³/mol. The fourth-order valence-electron chi connectivity index (χ4n) is 2.67. The van der Waals surface area contributed by atoms with Crippen molar-refractivity contribution < 1.29 is 13.2 Å². The fraction of sp³-hybridized carbons (Fsp3) is 0.211. The molecule has 1 aliphatic rings. The van der Waals surface area contributed by atoms with Gasteiger partial charge in [-0.3, -0.25) is 5.73 Å². The van der Waals surface area contributed by atoms with Crippen LogP contribution >= 0.6 is 23.4 Å². The van der Waals surface area contributed by atoms with Crippen LogP contribution in [0.5, 0.6) is 0 Å². The number of nitrogens with zero attached hydrogens (tertiary/aromatic N) is 2. The molecule has 0 saturated carbocycles. The summed E-state index contributed by atoms with van der Waals surface area (Å²) in [6.45, 7) is 1.83. The Balaban J connectivity index is 1.82. The third-order valence-corrected chi connectivity index (χ3v) is 5.39. The number of rotatable bonds is 4. The van der Waals surface area contributed by atoms with Crippen molar-refractivity contribution in [3.05, 3.63) is 71.4 Å². The molecule has 2 aromatic rings. The Morgan fingerprint density at radius 1 is 1.19 bits per heavy atom. The van der Waals surface area contributed by atoms with E-state index in [0.29, 0.717) is 5.69 Å². The predicted octanol–water partition coefficient (Wildman–Crippen LogP) is 5.43. The fourth-order valence-corrected chi connectivity index (χ4v) is 3.87. The van der Waals surface area contributed by atoms with Crippen LogP contribution in [0.3, 0.4) is 0 Å². The Morgan fingerprint density at radius 3 is 2.52 bits per heavy atom. The second-order valence-corrected chi connectivity index (χ2v) is 7.41. The summed E-state index contributed by atoms with van der Waals surface area (Å²) in [6.07, 6.45) is -4.69. The quantitative estimate of drug-likeness (QED) is 0.682. The highest BCUT2D eigenvalue weighted by molar-refractivity contribution is 7.98. The number of thioether (sulfide) groups is 1. The standard InChI is InChI=1S/C19H17ClF3N3S/c1-12-9-14(27-11-13-5-3-2-4-6-13)7-8-16(12)26-10-15(19(21,22)23)17(20)25-18(26)24/h2-10,18H,11,24H2,1H3. The molecule has 0 fully saturated rings. The van der Waals surface area contributed by atoms with Gasteiger partial charge in [0.25, 0.3) is 0 Å². The van der Waals surface area contributed by atoms with Crippen LogP contribution in [-0.2, 0) is 5.75 Å². The summed E-state index contributed by atoms with van der Waals surface area (Å²) in [5, 5.41) is -0.626. The molecule has 0 aromatic heterocycles. The van der Waals surface area contributed by atoms with E-state index in [-0.39, 0.29) is 0 Å². The first-order chi connectivity index (χ1) is 12.8. The van der Waals surface area contributed by atoms with Gasteiger partial charge in [-0.1, -0.05) is 41.9 Å². The summed E-state index contributed by atoms with van der Waals surface area (Å²) < 4.78 is 39.4. The molecule has 1 aliphatic heterocycles. The van der Waals surface area contributed by atoms with Gasteiger partial charge < -0.3 is 4.90 Å². The van der Waals surface area contributed by atoms with Gasteiger partial charge in [0.15, 0.2) is 6.29 Å². The minimum atomic E-state index is -4.60. The van der Waals surface area contributed by atoms with Crippen LogP contribution in [0.1, 0.15) is 11.1 Å². The maximum atomic E-state index is 13.1. The van der Waals surface area contributed by atoms with Gasteiger partial charge in [-0.25, -0.2) is 4.99 Å². The van der Waals surface area contributed by atoms with Crippen molar-refractivity contribution in [1.82, 2.24) is 0 Å². The molecular formula is C19H17ClF3N3S. The summed E-state index contributed by atoms with van der Waals surface area (Å²) in [7, 11) is 0. The Hall–Kier alpha value is -1.96. The largest absolute Gasteiger partial charge is 0.420 e.